The van der Waals surface area contributed by atoms with E-state index in [1.165, 1.54) is 40.8 Å². The zero-order chi connectivity index (χ0) is 30.6. The average molecular weight is 601 g/mol. The van der Waals surface area contributed by atoms with E-state index >= 15 is 0 Å². The SMILES string of the molecule is COC(=O)/C=C/C1=C[C@@H]2C(C(c3ccc(OC)c(OC)c3)C(C)C(=O)OC)C(OC(=S)n3ccnc3)C(OC)(OC)C12. The molecule has 0 radical (unpaired) electrons. The van der Waals surface area contributed by atoms with Crippen LogP contribution < -0.4 is 9.47 Å². The molecule has 1 saturated carbocycles. The second-order valence-corrected chi connectivity index (χ2v) is 10.4. The lowest BCUT2D eigenvalue weighted by molar-refractivity contribution is -0.265. The third-order valence-corrected chi connectivity index (χ3v) is 8.57. The van der Waals surface area contributed by atoms with Crippen molar-refractivity contribution in [3.63, 3.8) is 0 Å². The Balaban J connectivity index is 1.91. The predicted octanol–water partition coefficient (Wildman–Crippen LogP) is 3.53. The number of allylic oxidation sites excluding steroid dienone is 2. The van der Waals surface area contributed by atoms with Crippen molar-refractivity contribution >= 4 is 29.3 Å². The zero-order valence-electron chi connectivity index (χ0n) is 24.6. The number of aromatic nitrogens is 2. The lowest BCUT2D eigenvalue weighted by atomic mass is 9.66. The summed E-state index contributed by atoms with van der Waals surface area (Å²) in [5, 5.41) is 0.130. The maximum Gasteiger partial charge on any atom is 0.330 e. The van der Waals surface area contributed by atoms with E-state index in [-0.39, 0.29) is 17.0 Å². The monoisotopic (exact) mass is 600 g/mol. The summed E-state index contributed by atoms with van der Waals surface area (Å²) in [6, 6.07) is 5.54. The normalized spacial score (nSPS) is 23.6. The fraction of sp³-hybridized carbons (Fsp3) is 0.467. The minimum absolute atomic E-state index is 0.130. The van der Waals surface area contributed by atoms with Crippen LogP contribution in [-0.4, -0.2) is 81.2 Å². The Hall–Kier alpha value is -3.74. The van der Waals surface area contributed by atoms with Gasteiger partial charge in [-0.15, -0.1) is 0 Å². The lowest BCUT2D eigenvalue weighted by Crippen LogP contribution is -2.52. The standard InChI is InChI=1S/C30H36N2O9S/c1-17(28(34)38-5)24(18-8-10-21(35-2)22(15-18)36-3)25-20-14-19(9-11-23(33)37-4)26(20)30(39-6,40-7)27(25)41-29(42)32-13-12-31-16-32/h8-17,20,24-27H,1-7H3/b11-9+/t17?,20-,24?,25?,26?,27?/m1/s1. The molecule has 1 heterocycles. The van der Waals surface area contributed by atoms with E-state index in [9.17, 15) is 9.59 Å². The Morgan fingerprint density at radius 3 is 2.33 bits per heavy atom. The minimum Gasteiger partial charge on any atom is -0.493 e. The van der Waals surface area contributed by atoms with Crippen LogP contribution in [0.1, 0.15) is 18.4 Å². The van der Waals surface area contributed by atoms with Crippen molar-refractivity contribution in [1.82, 2.24) is 9.55 Å². The minimum atomic E-state index is -1.34. The molecule has 2 aromatic rings. The smallest absolute Gasteiger partial charge is 0.330 e. The van der Waals surface area contributed by atoms with Gasteiger partial charge in [0.15, 0.2) is 17.6 Å². The molecule has 226 valence electrons. The summed E-state index contributed by atoms with van der Waals surface area (Å²) in [6.07, 6.45) is 9.05. The highest BCUT2D eigenvalue weighted by molar-refractivity contribution is 7.80. The molecule has 11 nitrogen and oxygen atoms in total. The van der Waals surface area contributed by atoms with E-state index in [0.717, 1.165) is 11.1 Å². The van der Waals surface area contributed by atoms with Crippen molar-refractivity contribution in [2.45, 2.75) is 24.7 Å². The largest absolute Gasteiger partial charge is 0.493 e. The molecule has 0 bridgehead atoms. The van der Waals surface area contributed by atoms with Crippen molar-refractivity contribution in [3.05, 3.63) is 66.3 Å². The van der Waals surface area contributed by atoms with Gasteiger partial charge in [-0.2, -0.15) is 0 Å². The number of esters is 2. The van der Waals surface area contributed by atoms with Gasteiger partial charge in [-0.05, 0) is 41.4 Å². The molecule has 5 unspecified atom stereocenters. The van der Waals surface area contributed by atoms with Gasteiger partial charge in [0.25, 0.3) is 5.17 Å². The molecule has 1 aromatic heterocycles. The predicted molar refractivity (Wildman–Crippen MR) is 155 cm³/mol. The van der Waals surface area contributed by atoms with Crippen LogP contribution in [0.25, 0.3) is 0 Å². The second kappa shape index (κ2) is 13.1. The molecular formula is C30H36N2O9S. The molecule has 12 heteroatoms. The van der Waals surface area contributed by atoms with Gasteiger partial charge in [0.1, 0.15) is 6.33 Å². The number of rotatable bonds is 11. The summed E-state index contributed by atoms with van der Waals surface area (Å²) in [6.45, 7) is 1.81. The Morgan fingerprint density at radius 1 is 1.05 bits per heavy atom. The van der Waals surface area contributed by atoms with E-state index < -0.39 is 41.6 Å². The molecule has 1 aromatic carbocycles. The lowest BCUT2D eigenvalue weighted by Gasteiger charge is -2.41. The van der Waals surface area contributed by atoms with Crippen LogP contribution in [0.3, 0.4) is 0 Å². The number of thiocarbonyl (C=S) groups is 1. The van der Waals surface area contributed by atoms with E-state index in [1.807, 2.05) is 25.1 Å². The number of hydrogen-bond acceptors (Lipinski definition) is 11. The van der Waals surface area contributed by atoms with Crippen LogP contribution in [0.4, 0.5) is 0 Å². The van der Waals surface area contributed by atoms with Crippen LogP contribution in [0.15, 0.2) is 60.7 Å². The molecule has 0 N–H and O–H groups in total. The molecule has 2 aliphatic carbocycles. The topological polar surface area (TPSA) is 117 Å². The van der Waals surface area contributed by atoms with Gasteiger partial charge in [-0.3, -0.25) is 9.36 Å². The van der Waals surface area contributed by atoms with Gasteiger partial charge in [0.2, 0.25) is 5.79 Å². The van der Waals surface area contributed by atoms with Gasteiger partial charge < -0.3 is 33.2 Å². The van der Waals surface area contributed by atoms with E-state index in [1.54, 1.807) is 43.3 Å². The maximum atomic E-state index is 13.2. The van der Waals surface area contributed by atoms with E-state index in [4.69, 9.17) is 45.4 Å². The van der Waals surface area contributed by atoms with Crippen LogP contribution in [0.2, 0.25) is 0 Å². The van der Waals surface area contributed by atoms with Gasteiger partial charge in [0, 0.05) is 50.4 Å². The number of hydrogen-bond donors (Lipinski definition) is 0. The summed E-state index contributed by atoms with van der Waals surface area (Å²) in [7, 11) is 8.86. The Kier molecular flexibility index (Phi) is 9.70. The molecule has 2 aliphatic rings. The maximum absolute atomic E-state index is 13.2. The van der Waals surface area contributed by atoms with Crippen molar-refractivity contribution < 1.29 is 42.7 Å². The quantitative estimate of drug-likeness (QED) is 0.163. The first-order valence-corrected chi connectivity index (χ1v) is 13.7. The highest BCUT2D eigenvalue weighted by atomic mass is 32.1. The first kappa shape index (κ1) is 31.2. The fourth-order valence-electron chi connectivity index (χ4n) is 6.33. The van der Waals surface area contributed by atoms with Crippen molar-refractivity contribution in [3.8, 4) is 11.5 Å². The van der Waals surface area contributed by atoms with Gasteiger partial charge >= 0.3 is 11.9 Å². The first-order chi connectivity index (χ1) is 20.2. The number of benzene rings is 1. The molecule has 6 atom stereocenters. The van der Waals surface area contributed by atoms with Gasteiger partial charge in [-0.25, -0.2) is 9.78 Å². The molecule has 4 rings (SSSR count). The van der Waals surface area contributed by atoms with Crippen LogP contribution in [0, 0.1) is 23.7 Å². The van der Waals surface area contributed by atoms with E-state index in [0.29, 0.717) is 11.5 Å². The van der Waals surface area contributed by atoms with Crippen molar-refractivity contribution in [2.75, 3.05) is 42.7 Å². The summed E-state index contributed by atoms with van der Waals surface area (Å²) in [5.41, 5.74) is 1.60. The fourth-order valence-corrected chi connectivity index (χ4v) is 6.54. The number of ether oxygens (including phenoxy) is 7. The van der Waals surface area contributed by atoms with Crippen LogP contribution >= 0.6 is 12.2 Å². The average Bonchev–Trinajstić information content (AvgIpc) is 3.61. The number of carbonyl (C=O) groups excluding carboxylic acids is 2. The zero-order valence-corrected chi connectivity index (χ0v) is 25.5. The third-order valence-electron chi connectivity index (χ3n) is 8.27. The summed E-state index contributed by atoms with van der Waals surface area (Å²) in [4.78, 5) is 29.2. The number of imidazole rings is 1. The van der Waals surface area contributed by atoms with E-state index in [2.05, 4.69) is 4.98 Å². The number of nitrogens with zero attached hydrogens (tertiary/aromatic N) is 2. The summed E-state index contributed by atoms with van der Waals surface area (Å²) >= 11 is 5.68. The number of fused-ring (bicyclic) bond motifs is 1. The molecule has 0 amide bonds. The number of methoxy groups -OCH3 is 6. The molecule has 0 spiro atoms. The summed E-state index contributed by atoms with van der Waals surface area (Å²) in [5.74, 6) is -3.28. The second-order valence-electron chi connectivity index (χ2n) is 10.0. The summed E-state index contributed by atoms with van der Waals surface area (Å²) < 4.78 is 41.5. The van der Waals surface area contributed by atoms with Gasteiger partial charge in [0.05, 0.1) is 34.4 Å². The molecule has 42 heavy (non-hydrogen) atoms. The van der Waals surface area contributed by atoms with Crippen molar-refractivity contribution in [1.29, 1.82) is 0 Å². The highest BCUT2D eigenvalue weighted by Crippen LogP contribution is 2.62. The molecular weight excluding hydrogens is 564 g/mol. The van der Waals surface area contributed by atoms with Crippen LogP contribution in [-0.2, 0) is 33.3 Å². The molecule has 0 aliphatic heterocycles. The number of carbonyl (C=O) groups is 2. The Morgan fingerprint density at radius 2 is 1.76 bits per heavy atom. The van der Waals surface area contributed by atoms with Crippen molar-refractivity contribution in [2.24, 2.45) is 23.7 Å². The Bertz CT molecular complexity index is 1350. The Labute approximate surface area is 250 Å². The third kappa shape index (κ3) is 5.41. The highest BCUT2D eigenvalue weighted by Gasteiger charge is 2.69. The van der Waals surface area contributed by atoms with Crippen LogP contribution in [0.5, 0.6) is 11.5 Å². The first-order valence-electron chi connectivity index (χ1n) is 13.3. The van der Waals surface area contributed by atoms with Gasteiger partial charge in [-0.1, -0.05) is 25.1 Å². The molecule has 0 saturated heterocycles. The molecule has 1 fully saturated rings.